The summed E-state index contributed by atoms with van der Waals surface area (Å²) in [4.78, 5) is 9.27. The van der Waals surface area contributed by atoms with Crippen LogP contribution < -0.4 is 14.8 Å². The summed E-state index contributed by atoms with van der Waals surface area (Å²) in [5.41, 5.74) is 7.02. The number of aryl methyl sites for hydroxylation is 3. The number of hydrogen-bond acceptors (Lipinski definition) is 5. The monoisotopic (exact) mass is 427 g/mol. The smallest absolute Gasteiger partial charge is 0.162 e. The van der Waals surface area contributed by atoms with Crippen LogP contribution in [0, 0.1) is 20.8 Å². The fourth-order valence-corrected chi connectivity index (χ4v) is 4.08. The number of hydrogen-bond donors (Lipinski definition) is 1. The summed E-state index contributed by atoms with van der Waals surface area (Å²) < 4.78 is 10.9. The van der Waals surface area contributed by atoms with Gasteiger partial charge in [-0.1, -0.05) is 42.0 Å². The van der Waals surface area contributed by atoms with Crippen LogP contribution in [0.25, 0.3) is 22.0 Å². The molecule has 1 unspecified atom stereocenters. The summed E-state index contributed by atoms with van der Waals surface area (Å²) in [7, 11) is 3.26. The maximum Gasteiger partial charge on any atom is 0.162 e. The lowest BCUT2D eigenvalue weighted by molar-refractivity contribution is 0.356. The average molecular weight is 428 g/mol. The van der Waals surface area contributed by atoms with Crippen LogP contribution in [-0.4, -0.2) is 24.2 Å². The zero-order valence-corrected chi connectivity index (χ0v) is 19.5. The number of benzene rings is 3. The maximum atomic E-state index is 5.50. The van der Waals surface area contributed by atoms with Gasteiger partial charge in [0.1, 0.15) is 11.6 Å². The fraction of sp³-hybridized carbons (Fsp3) is 0.259. The van der Waals surface area contributed by atoms with Crippen LogP contribution in [0.4, 0.5) is 5.82 Å². The Morgan fingerprint density at radius 3 is 2.31 bits per heavy atom. The molecule has 1 N–H and O–H groups in total. The largest absolute Gasteiger partial charge is 0.493 e. The van der Waals surface area contributed by atoms with Crippen molar-refractivity contribution in [1.82, 2.24) is 9.97 Å². The zero-order chi connectivity index (χ0) is 22.8. The van der Waals surface area contributed by atoms with E-state index in [9.17, 15) is 0 Å². The zero-order valence-electron chi connectivity index (χ0n) is 19.5. The highest BCUT2D eigenvalue weighted by Gasteiger charge is 2.15. The van der Waals surface area contributed by atoms with Gasteiger partial charge in [0, 0.05) is 17.5 Å². The minimum atomic E-state index is 0.0475. The van der Waals surface area contributed by atoms with Gasteiger partial charge in [0.2, 0.25) is 0 Å². The number of nitrogens with one attached hydrogen (secondary N) is 1. The minimum Gasteiger partial charge on any atom is -0.493 e. The highest BCUT2D eigenvalue weighted by atomic mass is 16.5. The van der Waals surface area contributed by atoms with Crippen molar-refractivity contribution in [3.05, 3.63) is 77.1 Å². The molecule has 0 bridgehead atoms. The summed E-state index contributed by atoms with van der Waals surface area (Å²) in [6, 6.07) is 19.1. The molecule has 0 saturated heterocycles. The minimum absolute atomic E-state index is 0.0475. The molecule has 0 aliphatic heterocycles. The Bertz CT molecular complexity index is 1280. The fourth-order valence-electron chi connectivity index (χ4n) is 4.08. The lowest BCUT2D eigenvalue weighted by Crippen LogP contribution is -2.10. The average Bonchev–Trinajstić information content (AvgIpc) is 2.78. The number of ether oxygens (including phenoxy) is 2. The Morgan fingerprint density at radius 1 is 0.844 bits per heavy atom. The standard InChI is InChI=1S/C27H29N3O2/c1-16-10-11-22(17(2)12-16)21-9-7-8-20(13-21)18(3)28-27-23-14-25(31-5)26(32-6)15-24(23)29-19(4)30-27/h7-15,18H,1-6H3,(H,28,29,30). The summed E-state index contributed by atoms with van der Waals surface area (Å²) in [5.74, 6) is 2.78. The summed E-state index contributed by atoms with van der Waals surface area (Å²) in [5, 5.41) is 4.48. The van der Waals surface area contributed by atoms with Crippen LogP contribution in [0.2, 0.25) is 0 Å². The quantitative estimate of drug-likeness (QED) is 0.385. The third-order valence-electron chi connectivity index (χ3n) is 5.75. The topological polar surface area (TPSA) is 56.3 Å². The van der Waals surface area contributed by atoms with Gasteiger partial charge in [-0.2, -0.15) is 0 Å². The number of rotatable bonds is 6. The third kappa shape index (κ3) is 4.24. The van der Waals surface area contributed by atoms with Crippen molar-refractivity contribution in [2.75, 3.05) is 19.5 Å². The molecule has 164 valence electrons. The van der Waals surface area contributed by atoms with Gasteiger partial charge in [0.25, 0.3) is 0 Å². The van der Waals surface area contributed by atoms with E-state index >= 15 is 0 Å². The second kappa shape index (κ2) is 8.87. The highest BCUT2D eigenvalue weighted by Crippen LogP contribution is 2.35. The molecule has 0 radical (unpaired) electrons. The van der Waals surface area contributed by atoms with E-state index in [1.807, 2.05) is 19.1 Å². The van der Waals surface area contributed by atoms with Crippen molar-refractivity contribution in [2.24, 2.45) is 0 Å². The SMILES string of the molecule is COc1cc2nc(C)nc(NC(C)c3cccc(-c4ccc(C)cc4C)c3)c2cc1OC. The van der Waals surface area contributed by atoms with E-state index in [1.165, 1.54) is 27.8 Å². The molecule has 3 aromatic carbocycles. The molecular formula is C27H29N3O2. The number of anilines is 1. The van der Waals surface area contributed by atoms with E-state index in [2.05, 4.69) is 78.5 Å². The normalized spacial score (nSPS) is 11.9. The molecule has 1 atom stereocenters. The van der Waals surface area contributed by atoms with Gasteiger partial charge in [-0.05, 0) is 62.1 Å². The Hall–Kier alpha value is -3.60. The van der Waals surface area contributed by atoms with Crippen LogP contribution in [0.15, 0.2) is 54.6 Å². The molecule has 0 amide bonds. The first-order chi connectivity index (χ1) is 15.4. The number of aromatic nitrogens is 2. The third-order valence-corrected chi connectivity index (χ3v) is 5.75. The summed E-state index contributed by atoms with van der Waals surface area (Å²) in [6.07, 6.45) is 0. The van der Waals surface area contributed by atoms with E-state index in [0.29, 0.717) is 17.3 Å². The molecule has 0 aliphatic carbocycles. The van der Waals surface area contributed by atoms with Crippen LogP contribution in [0.5, 0.6) is 11.5 Å². The van der Waals surface area contributed by atoms with Crippen molar-refractivity contribution >= 4 is 16.7 Å². The first-order valence-corrected chi connectivity index (χ1v) is 10.7. The number of nitrogens with zero attached hydrogens (tertiary/aromatic N) is 2. The van der Waals surface area contributed by atoms with Gasteiger partial charge in [-0.15, -0.1) is 0 Å². The molecule has 0 spiro atoms. The van der Waals surface area contributed by atoms with E-state index in [1.54, 1.807) is 14.2 Å². The molecule has 0 saturated carbocycles. The van der Waals surface area contributed by atoms with Crippen LogP contribution in [0.3, 0.4) is 0 Å². The molecule has 1 aromatic heterocycles. The Morgan fingerprint density at radius 2 is 1.59 bits per heavy atom. The maximum absolute atomic E-state index is 5.50. The second-order valence-electron chi connectivity index (χ2n) is 8.15. The van der Waals surface area contributed by atoms with Gasteiger partial charge >= 0.3 is 0 Å². The van der Waals surface area contributed by atoms with Gasteiger partial charge < -0.3 is 14.8 Å². The molecular weight excluding hydrogens is 398 g/mol. The van der Waals surface area contributed by atoms with Crippen LogP contribution in [-0.2, 0) is 0 Å². The Balaban J connectivity index is 1.70. The van der Waals surface area contributed by atoms with Crippen molar-refractivity contribution in [3.63, 3.8) is 0 Å². The van der Waals surface area contributed by atoms with Gasteiger partial charge in [-0.25, -0.2) is 9.97 Å². The van der Waals surface area contributed by atoms with E-state index in [0.717, 1.165) is 16.7 Å². The van der Waals surface area contributed by atoms with E-state index < -0.39 is 0 Å². The van der Waals surface area contributed by atoms with Crippen molar-refractivity contribution in [3.8, 4) is 22.6 Å². The van der Waals surface area contributed by atoms with Crippen LogP contribution in [0.1, 0.15) is 35.5 Å². The first kappa shape index (κ1) is 21.6. The summed E-state index contributed by atoms with van der Waals surface area (Å²) in [6.45, 7) is 8.32. The Labute approximate surface area is 189 Å². The molecule has 0 fully saturated rings. The molecule has 5 heteroatoms. The van der Waals surface area contributed by atoms with E-state index in [-0.39, 0.29) is 6.04 Å². The molecule has 0 aliphatic rings. The molecule has 4 rings (SSSR count). The first-order valence-electron chi connectivity index (χ1n) is 10.7. The highest BCUT2D eigenvalue weighted by molar-refractivity contribution is 5.92. The lowest BCUT2D eigenvalue weighted by atomic mass is 9.96. The molecule has 1 heterocycles. The Kier molecular flexibility index (Phi) is 5.99. The lowest BCUT2D eigenvalue weighted by Gasteiger charge is -2.19. The van der Waals surface area contributed by atoms with Crippen LogP contribution >= 0.6 is 0 Å². The van der Waals surface area contributed by atoms with Gasteiger partial charge in [0.05, 0.1) is 19.7 Å². The van der Waals surface area contributed by atoms with Crippen molar-refractivity contribution in [1.29, 1.82) is 0 Å². The van der Waals surface area contributed by atoms with E-state index in [4.69, 9.17) is 9.47 Å². The molecule has 32 heavy (non-hydrogen) atoms. The van der Waals surface area contributed by atoms with Gasteiger partial charge in [0.15, 0.2) is 11.5 Å². The molecule has 4 aromatic rings. The molecule has 5 nitrogen and oxygen atoms in total. The van der Waals surface area contributed by atoms with Crippen molar-refractivity contribution < 1.29 is 9.47 Å². The van der Waals surface area contributed by atoms with Gasteiger partial charge in [-0.3, -0.25) is 0 Å². The predicted molar refractivity (Wildman–Crippen MR) is 131 cm³/mol. The second-order valence-corrected chi connectivity index (χ2v) is 8.15. The number of fused-ring (bicyclic) bond motifs is 1. The predicted octanol–water partition coefficient (Wildman–Crippen LogP) is 6.41. The number of methoxy groups -OCH3 is 2. The van der Waals surface area contributed by atoms with Crippen molar-refractivity contribution in [2.45, 2.75) is 33.7 Å². The summed E-state index contributed by atoms with van der Waals surface area (Å²) >= 11 is 0.